The monoisotopic (exact) mass is 445 g/mol. The average Bonchev–Trinajstić information content (AvgIpc) is 3.19. The molecule has 1 atom stereocenters. The van der Waals surface area contributed by atoms with Crippen LogP contribution in [0.3, 0.4) is 0 Å². The van der Waals surface area contributed by atoms with Gasteiger partial charge in [-0.2, -0.15) is 0 Å². The summed E-state index contributed by atoms with van der Waals surface area (Å²) in [4.78, 5) is 28.8. The Morgan fingerprint density at radius 2 is 2.03 bits per heavy atom. The zero-order valence-electron chi connectivity index (χ0n) is 18.3. The summed E-state index contributed by atoms with van der Waals surface area (Å²) in [5.74, 6) is 0. The van der Waals surface area contributed by atoms with E-state index in [4.69, 9.17) is 0 Å². The summed E-state index contributed by atoms with van der Waals surface area (Å²) >= 11 is 1.68. The van der Waals surface area contributed by atoms with Crippen LogP contribution in [0, 0.1) is 6.92 Å². The minimum Gasteiger partial charge on any atom is -0.308 e. The quantitative estimate of drug-likeness (QED) is 0.468. The fourth-order valence-corrected chi connectivity index (χ4v) is 5.65. The lowest BCUT2D eigenvalue weighted by molar-refractivity contribution is 0.459. The van der Waals surface area contributed by atoms with Crippen molar-refractivity contribution in [1.82, 2.24) is 24.8 Å². The Morgan fingerprint density at radius 1 is 1.16 bits per heavy atom. The molecule has 1 aliphatic rings. The molecule has 0 aliphatic heterocycles. The first kappa shape index (κ1) is 21.0. The van der Waals surface area contributed by atoms with Gasteiger partial charge in [0.2, 0.25) is 0 Å². The normalized spacial score (nSPS) is 15.7. The lowest BCUT2D eigenvalue weighted by Gasteiger charge is -2.23. The van der Waals surface area contributed by atoms with Crippen LogP contribution in [0.4, 0.5) is 0 Å². The maximum absolute atomic E-state index is 13.2. The van der Waals surface area contributed by atoms with Gasteiger partial charge in [0.05, 0.1) is 23.1 Å². The maximum atomic E-state index is 13.2. The van der Waals surface area contributed by atoms with Crippen molar-refractivity contribution in [3.8, 4) is 0 Å². The van der Waals surface area contributed by atoms with E-state index in [1.165, 1.54) is 16.0 Å². The first-order valence-corrected chi connectivity index (χ1v) is 12.0. The molecule has 0 saturated carbocycles. The van der Waals surface area contributed by atoms with E-state index in [0.717, 1.165) is 53.7 Å². The largest absolute Gasteiger partial charge is 0.308 e. The van der Waals surface area contributed by atoms with E-state index in [1.807, 2.05) is 19.2 Å². The number of hydrogen-bond donors (Lipinski definition) is 1. The number of hydrogen-bond acceptors (Lipinski definition) is 6. The zero-order chi connectivity index (χ0) is 21.9. The van der Waals surface area contributed by atoms with Crippen LogP contribution in [-0.4, -0.2) is 25.6 Å². The molecule has 3 heterocycles. The number of aryl methyl sites for hydroxylation is 4. The highest BCUT2D eigenvalue weighted by molar-refractivity contribution is 7.18. The van der Waals surface area contributed by atoms with Crippen LogP contribution in [-0.2, 0) is 32.4 Å². The summed E-state index contributed by atoms with van der Waals surface area (Å²) in [6, 6.07) is 10.8. The molecule has 0 radical (unpaired) electrons. The van der Waals surface area contributed by atoms with E-state index in [1.54, 1.807) is 28.4 Å². The third-order valence-electron chi connectivity index (χ3n) is 6.15. The fourth-order valence-electron chi connectivity index (χ4n) is 4.39. The Morgan fingerprint density at radius 3 is 2.84 bits per heavy atom. The molecule has 32 heavy (non-hydrogen) atoms. The third-order valence-corrected chi connectivity index (χ3v) is 7.31. The molecule has 1 N–H and O–H groups in total. The standard InChI is InChI=1S/C25H27N5OS/c1-17-13-27-20(14-26-17)15-28-19-9-10-21-22(12-19)32-24-23(21)25(31)30(16-29-24)11-5-8-18-6-3-2-4-7-18/h2-4,6-7,13-14,16,19,28H,5,8-12,15H2,1H3. The topological polar surface area (TPSA) is 72.7 Å². The molecule has 164 valence electrons. The molecule has 0 bridgehead atoms. The third kappa shape index (κ3) is 4.49. The highest BCUT2D eigenvalue weighted by atomic mass is 32.1. The Labute approximate surface area is 191 Å². The summed E-state index contributed by atoms with van der Waals surface area (Å²) in [5.41, 5.74) is 4.52. The summed E-state index contributed by atoms with van der Waals surface area (Å²) in [6.07, 6.45) is 10.1. The molecule has 0 saturated heterocycles. The number of aromatic nitrogens is 4. The van der Waals surface area contributed by atoms with E-state index in [-0.39, 0.29) is 5.56 Å². The van der Waals surface area contributed by atoms with Gasteiger partial charge in [-0.1, -0.05) is 30.3 Å². The smallest absolute Gasteiger partial charge is 0.262 e. The minimum absolute atomic E-state index is 0.113. The lowest BCUT2D eigenvalue weighted by Crippen LogP contribution is -2.34. The van der Waals surface area contributed by atoms with Gasteiger partial charge in [0.15, 0.2) is 0 Å². The van der Waals surface area contributed by atoms with Crippen LogP contribution in [0.5, 0.6) is 0 Å². The van der Waals surface area contributed by atoms with Crippen LogP contribution in [0.2, 0.25) is 0 Å². The second-order valence-corrected chi connectivity index (χ2v) is 9.57. The van der Waals surface area contributed by atoms with Gasteiger partial charge in [0.1, 0.15) is 4.83 Å². The Bertz CT molecular complexity index is 1260. The minimum atomic E-state index is 0.113. The second-order valence-electron chi connectivity index (χ2n) is 8.49. The van der Waals surface area contributed by atoms with Gasteiger partial charge < -0.3 is 5.32 Å². The van der Waals surface area contributed by atoms with E-state index >= 15 is 0 Å². The number of rotatable bonds is 7. The van der Waals surface area contributed by atoms with Crippen molar-refractivity contribution >= 4 is 21.6 Å². The number of benzene rings is 1. The molecule has 1 unspecified atom stereocenters. The van der Waals surface area contributed by atoms with Crippen molar-refractivity contribution in [3.05, 3.63) is 86.8 Å². The molecule has 7 heteroatoms. The van der Waals surface area contributed by atoms with Gasteiger partial charge in [0.25, 0.3) is 5.56 Å². The highest BCUT2D eigenvalue weighted by Crippen LogP contribution is 2.33. The molecule has 6 nitrogen and oxygen atoms in total. The predicted molar refractivity (Wildman–Crippen MR) is 128 cm³/mol. The molecule has 3 aromatic heterocycles. The molecular weight excluding hydrogens is 418 g/mol. The van der Waals surface area contributed by atoms with Crippen molar-refractivity contribution in [2.45, 2.75) is 58.2 Å². The summed E-state index contributed by atoms with van der Waals surface area (Å²) in [6.45, 7) is 3.35. The highest BCUT2D eigenvalue weighted by Gasteiger charge is 2.25. The molecule has 4 aromatic rings. The van der Waals surface area contributed by atoms with E-state index in [0.29, 0.717) is 19.1 Å². The van der Waals surface area contributed by atoms with E-state index in [2.05, 4.69) is 44.5 Å². The van der Waals surface area contributed by atoms with Crippen LogP contribution in [0.15, 0.2) is 53.8 Å². The Kier molecular flexibility index (Phi) is 6.10. The number of nitrogens with one attached hydrogen (secondary N) is 1. The van der Waals surface area contributed by atoms with Crippen molar-refractivity contribution in [1.29, 1.82) is 0 Å². The molecule has 0 fully saturated rings. The Balaban J connectivity index is 1.27. The SMILES string of the molecule is Cc1cnc(CNC2CCc3c(sc4ncn(CCCc5ccccc5)c(=O)c34)C2)cn1. The van der Waals surface area contributed by atoms with Gasteiger partial charge in [-0.05, 0) is 50.2 Å². The zero-order valence-corrected chi connectivity index (χ0v) is 19.1. The van der Waals surface area contributed by atoms with Crippen molar-refractivity contribution in [3.63, 3.8) is 0 Å². The van der Waals surface area contributed by atoms with Gasteiger partial charge in [0, 0.05) is 36.4 Å². The molecular formula is C25H27N5OS. The number of nitrogens with zero attached hydrogens (tertiary/aromatic N) is 4. The summed E-state index contributed by atoms with van der Waals surface area (Å²) in [5, 5.41) is 4.46. The van der Waals surface area contributed by atoms with E-state index < -0.39 is 0 Å². The summed E-state index contributed by atoms with van der Waals surface area (Å²) in [7, 11) is 0. The van der Waals surface area contributed by atoms with Crippen LogP contribution < -0.4 is 10.9 Å². The van der Waals surface area contributed by atoms with E-state index in [9.17, 15) is 4.79 Å². The first-order valence-electron chi connectivity index (χ1n) is 11.2. The maximum Gasteiger partial charge on any atom is 0.262 e. The van der Waals surface area contributed by atoms with Crippen molar-refractivity contribution in [2.24, 2.45) is 0 Å². The molecule has 1 aliphatic carbocycles. The molecule has 1 aromatic carbocycles. The second kappa shape index (κ2) is 9.30. The predicted octanol–water partition coefficient (Wildman–Crippen LogP) is 3.84. The first-order chi connectivity index (χ1) is 15.7. The molecule has 0 spiro atoms. The van der Waals surface area contributed by atoms with Gasteiger partial charge in [-0.15, -0.1) is 11.3 Å². The van der Waals surface area contributed by atoms with Gasteiger partial charge >= 0.3 is 0 Å². The summed E-state index contributed by atoms with van der Waals surface area (Å²) < 4.78 is 1.79. The Hall–Kier alpha value is -2.90. The van der Waals surface area contributed by atoms with Crippen molar-refractivity contribution < 1.29 is 0 Å². The van der Waals surface area contributed by atoms with Crippen molar-refractivity contribution in [2.75, 3.05) is 0 Å². The average molecular weight is 446 g/mol. The molecule has 0 amide bonds. The van der Waals surface area contributed by atoms with Gasteiger partial charge in [-0.3, -0.25) is 19.3 Å². The number of fused-ring (bicyclic) bond motifs is 3. The lowest BCUT2D eigenvalue weighted by atomic mass is 9.93. The van der Waals surface area contributed by atoms with Gasteiger partial charge in [-0.25, -0.2) is 4.98 Å². The fraction of sp³-hybridized carbons (Fsp3) is 0.360. The number of thiophene rings is 1. The van der Waals surface area contributed by atoms with Crippen LogP contribution in [0.25, 0.3) is 10.2 Å². The van der Waals surface area contributed by atoms with Crippen LogP contribution >= 0.6 is 11.3 Å². The molecule has 5 rings (SSSR count). The van der Waals surface area contributed by atoms with Crippen LogP contribution in [0.1, 0.15) is 40.2 Å².